The van der Waals surface area contributed by atoms with Crippen LogP contribution in [0.1, 0.15) is 36.1 Å². The van der Waals surface area contributed by atoms with Gasteiger partial charge in [0.05, 0.1) is 20.3 Å². The van der Waals surface area contributed by atoms with Gasteiger partial charge >= 0.3 is 0 Å². The Morgan fingerprint density at radius 1 is 1.00 bits per heavy atom. The second-order valence-corrected chi connectivity index (χ2v) is 6.38. The van der Waals surface area contributed by atoms with Crippen molar-refractivity contribution in [2.45, 2.75) is 33.2 Å². The fraction of sp³-hybridized carbons (Fsp3) is 0.350. The summed E-state index contributed by atoms with van der Waals surface area (Å²) in [4.78, 5) is 0. The zero-order chi connectivity index (χ0) is 18.4. The lowest BCUT2D eigenvalue weighted by atomic mass is 10.0. The van der Waals surface area contributed by atoms with Gasteiger partial charge in [0.2, 0.25) is 0 Å². The van der Waals surface area contributed by atoms with Gasteiger partial charge in [0.1, 0.15) is 0 Å². The van der Waals surface area contributed by atoms with E-state index < -0.39 is 0 Å². The largest absolute Gasteiger partial charge is 0.493 e. The number of methoxy groups -OCH3 is 2. The van der Waals surface area contributed by atoms with E-state index in [-0.39, 0.29) is 6.04 Å². The molecule has 0 fully saturated rings. The molecule has 2 rings (SSSR count). The predicted molar refractivity (Wildman–Crippen MR) is 108 cm³/mol. The van der Waals surface area contributed by atoms with Crippen LogP contribution in [-0.4, -0.2) is 19.3 Å². The SMILES string of the molecule is CC[C@H](NC(=S)Nc1ccc(C)c(C)c1)c1ccc(OC)c(OC)c1. The average Bonchev–Trinajstić information content (AvgIpc) is 2.62. The molecule has 0 aliphatic rings. The van der Waals surface area contributed by atoms with Crippen molar-refractivity contribution in [3.05, 3.63) is 53.1 Å². The molecule has 25 heavy (non-hydrogen) atoms. The van der Waals surface area contributed by atoms with E-state index in [9.17, 15) is 0 Å². The first-order chi connectivity index (χ1) is 12.0. The lowest BCUT2D eigenvalue weighted by Crippen LogP contribution is -2.32. The number of rotatable bonds is 6. The summed E-state index contributed by atoms with van der Waals surface area (Å²) >= 11 is 5.49. The number of thiocarbonyl (C=S) groups is 1. The number of hydrogen-bond donors (Lipinski definition) is 2. The highest BCUT2D eigenvalue weighted by Crippen LogP contribution is 2.30. The van der Waals surface area contributed by atoms with Crippen molar-refractivity contribution in [1.82, 2.24) is 5.32 Å². The Morgan fingerprint density at radius 2 is 1.72 bits per heavy atom. The van der Waals surface area contributed by atoms with Gasteiger partial charge in [0.25, 0.3) is 0 Å². The van der Waals surface area contributed by atoms with E-state index in [1.807, 2.05) is 24.3 Å². The van der Waals surface area contributed by atoms with E-state index in [0.717, 1.165) is 23.4 Å². The molecule has 0 saturated heterocycles. The van der Waals surface area contributed by atoms with E-state index >= 15 is 0 Å². The predicted octanol–water partition coefficient (Wildman–Crippen LogP) is 4.76. The molecule has 2 N–H and O–H groups in total. The van der Waals surface area contributed by atoms with E-state index in [2.05, 4.69) is 43.5 Å². The molecule has 0 bridgehead atoms. The Morgan fingerprint density at radius 3 is 2.32 bits per heavy atom. The Kier molecular flexibility index (Phi) is 6.65. The summed E-state index contributed by atoms with van der Waals surface area (Å²) in [5, 5.41) is 7.24. The Balaban J connectivity index is 2.10. The summed E-state index contributed by atoms with van der Waals surface area (Å²) in [7, 11) is 3.28. The highest BCUT2D eigenvalue weighted by molar-refractivity contribution is 7.80. The Hall–Kier alpha value is -2.27. The monoisotopic (exact) mass is 358 g/mol. The molecule has 2 aromatic carbocycles. The van der Waals surface area contributed by atoms with Gasteiger partial charge < -0.3 is 20.1 Å². The van der Waals surface area contributed by atoms with Gasteiger partial charge in [0.15, 0.2) is 16.6 Å². The van der Waals surface area contributed by atoms with Crippen molar-refractivity contribution in [2.75, 3.05) is 19.5 Å². The van der Waals surface area contributed by atoms with Crippen molar-refractivity contribution in [2.24, 2.45) is 0 Å². The molecule has 4 nitrogen and oxygen atoms in total. The van der Waals surface area contributed by atoms with Crippen molar-refractivity contribution in [3.8, 4) is 11.5 Å². The first-order valence-electron chi connectivity index (χ1n) is 8.35. The Bertz CT molecular complexity index is 746. The molecule has 0 unspecified atom stereocenters. The topological polar surface area (TPSA) is 42.5 Å². The number of ether oxygens (including phenoxy) is 2. The minimum absolute atomic E-state index is 0.0892. The average molecular weight is 359 g/mol. The molecule has 5 heteroatoms. The molecule has 0 aliphatic heterocycles. The van der Waals surface area contributed by atoms with E-state index in [1.165, 1.54) is 11.1 Å². The quantitative estimate of drug-likeness (QED) is 0.729. The van der Waals surface area contributed by atoms with Gasteiger partial charge in [-0.25, -0.2) is 0 Å². The van der Waals surface area contributed by atoms with Crippen LogP contribution < -0.4 is 20.1 Å². The van der Waals surface area contributed by atoms with Crippen LogP contribution in [0.2, 0.25) is 0 Å². The van der Waals surface area contributed by atoms with Crippen molar-refractivity contribution in [3.63, 3.8) is 0 Å². The number of aryl methyl sites for hydroxylation is 2. The van der Waals surface area contributed by atoms with Crippen LogP contribution in [0.25, 0.3) is 0 Å². The highest BCUT2D eigenvalue weighted by atomic mass is 32.1. The summed E-state index contributed by atoms with van der Waals surface area (Å²) in [5.74, 6) is 1.44. The minimum Gasteiger partial charge on any atom is -0.493 e. The Labute approximate surface area is 155 Å². The molecule has 0 radical (unpaired) electrons. The molecule has 2 aromatic rings. The minimum atomic E-state index is 0.0892. The van der Waals surface area contributed by atoms with Crippen LogP contribution >= 0.6 is 12.2 Å². The number of nitrogens with one attached hydrogen (secondary N) is 2. The van der Waals surface area contributed by atoms with Gasteiger partial charge in [-0.15, -0.1) is 0 Å². The lowest BCUT2D eigenvalue weighted by Gasteiger charge is -2.21. The summed E-state index contributed by atoms with van der Waals surface area (Å²) < 4.78 is 10.7. The van der Waals surface area contributed by atoms with Crippen LogP contribution in [0, 0.1) is 13.8 Å². The second kappa shape index (κ2) is 8.72. The van der Waals surface area contributed by atoms with E-state index in [0.29, 0.717) is 10.9 Å². The molecule has 0 aromatic heterocycles. The molecular formula is C20H26N2O2S. The van der Waals surface area contributed by atoms with Crippen LogP contribution in [0.5, 0.6) is 11.5 Å². The second-order valence-electron chi connectivity index (χ2n) is 5.97. The van der Waals surface area contributed by atoms with Gasteiger partial charge in [-0.1, -0.05) is 19.1 Å². The third kappa shape index (κ3) is 4.86. The van der Waals surface area contributed by atoms with E-state index in [4.69, 9.17) is 21.7 Å². The van der Waals surface area contributed by atoms with Crippen molar-refractivity contribution in [1.29, 1.82) is 0 Å². The van der Waals surface area contributed by atoms with Crippen LogP contribution in [0.4, 0.5) is 5.69 Å². The summed E-state index contributed by atoms with van der Waals surface area (Å²) in [6.45, 7) is 6.31. The van der Waals surface area contributed by atoms with E-state index in [1.54, 1.807) is 14.2 Å². The summed E-state index contributed by atoms with van der Waals surface area (Å²) in [6, 6.07) is 12.2. The molecule has 134 valence electrons. The third-order valence-electron chi connectivity index (χ3n) is 4.29. The maximum atomic E-state index is 5.49. The first-order valence-corrected chi connectivity index (χ1v) is 8.76. The fourth-order valence-electron chi connectivity index (χ4n) is 2.64. The molecule has 0 spiro atoms. The van der Waals surface area contributed by atoms with Crippen LogP contribution in [0.15, 0.2) is 36.4 Å². The molecule has 1 atom stereocenters. The molecule has 0 heterocycles. The zero-order valence-corrected chi connectivity index (χ0v) is 16.3. The molecule has 0 aliphatic carbocycles. The first kappa shape index (κ1) is 19.1. The summed E-state index contributed by atoms with van der Waals surface area (Å²) in [5.41, 5.74) is 4.59. The summed E-state index contributed by atoms with van der Waals surface area (Å²) in [6.07, 6.45) is 0.893. The third-order valence-corrected chi connectivity index (χ3v) is 4.51. The molecule has 0 amide bonds. The molecule has 0 saturated carbocycles. The van der Waals surface area contributed by atoms with Crippen molar-refractivity contribution >= 4 is 23.0 Å². The lowest BCUT2D eigenvalue weighted by molar-refractivity contribution is 0.354. The van der Waals surface area contributed by atoms with Crippen LogP contribution in [0.3, 0.4) is 0 Å². The maximum absolute atomic E-state index is 5.49. The smallest absolute Gasteiger partial charge is 0.171 e. The van der Waals surface area contributed by atoms with Gasteiger partial charge in [0, 0.05) is 5.69 Å². The zero-order valence-electron chi connectivity index (χ0n) is 15.5. The van der Waals surface area contributed by atoms with Gasteiger partial charge in [-0.3, -0.25) is 0 Å². The normalized spacial score (nSPS) is 11.6. The number of anilines is 1. The highest BCUT2D eigenvalue weighted by Gasteiger charge is 2.14. The van der Waals surface area contributed by atoms with Crippen molar-refractivity contribution < 1.29 is 9.47 Å². The fourth-order valence-corrected chi connectivity index (χ4v) is 2.90. The van der Waals surface area contributed by atoms with Gasteiger partial charge in [-0.2, -0.15) is 0 Å². The standard InChI is InChI=1S/C20H26N2O2S/c1-6-17(15-8-10-18(23-4)19(12-15)24-5)22-20(25)21-16-9-7-13(2)14(3)11-16/h7-12,17H,6H2,1-5H3,(H2,21,22,25)/t17-/m0/s1. The van der Waals surface area contributed by atoms with Gasteiger partial charge in [-0.05, 0) is 73.4 Å². The van der Waals surface area contributed by atoms with Crippen LogP contribution in [-0.2, 0) is 0 Å². The number of hydrogen-bond acceptors (Lipinski definition) is 3. The number of benzene rings is 2. The molecular weight excluding hydrogens is 332 g/mol. The maximum Gasteiger partial charge on any atom is 0.171 e.